The Bertz CT molecular complexity index is 369. The van der Waals surface area contributed by atoms with Gasteiger partial charge in [0.1, 0.15) is 6.04 Å². The molecule has 5 N–H and O–H groups in total. The van der Waals surface area contributed by atoms with E-state index in [1.54, 1.807) is 14.1 Å². The van der Waals surface area contributed by atoms with Crippen LogP contribution in [0.15, 0.2) is 0 Å². The topological polar surface area (TPSA) is 142 Å². The van der Waals surface area contributed by atoms with Crippen molar-refractivity contribution in [3.05, 3.63) is 0 Å². The van der Waals surface area contributed by atoms with Crippen LogP contribution in [0.2, 0.25) is 0 Å². The molecular weight excluding hydrogens is 256 g/mol. The van der Waals surface area contributed by atoms with E-state index in [2.05, 4.69) is 10.6 Å². The summed E-state index contributed by atoms with van der Waals surface area (Å²) >= 11 is 0. The highest BCUT2D eigenvalue weighted by Crippen LogP contribution is 1.92. The summed E-state index contributed by atoms with van der Waals surface area (Å²) in [5, 5.41) is 13.1. The highest BCUT2D eigenvalue weighted by atomic mass is 16.4. The standard InChI is InChI=1S/C10H18N4O5/c1-14(2)8(16)3-4-12-10(19)13-6(9(17)18)5-7(11)15/h6H,3-5H2,1-2H3,(H2,11,15)(H,17,18)(H2,12,13,19). The van der Waals surface area contributed by atoms with Gasteiger partial charge < -0.3 is 26.4 Å². The molecule has 9 heteroatoms. The Morgan fingerprint density at radius 3 is 2.26 bits per heavy atom. The van der Waals surface area contributed by atoms with Gasteiger partial charge in [-0.1, -0.05) is 0 Å². The van der Waals surface area contributed by atoms with E-state index in [9.17, 15) is 19.2 Å². The number of primary amides is 1. The second kappa shape index (κ2) is 7.90. The molecule has 0 bridgehead atoms. The molecule has 0 rings (SSSR count). The molecule has 1 unspecified atom stereocenters. The molecule has 0 saturated carbocycles. The van der Waals surface area contributed by atoms with Gasteiger partial charge in [0.05, 0.1) is 6.42 Å². The number of carbonyl (C=O) groups is 4. The van der Waals surface area contributed by atoms with E-state index in [0.29, 0.717) is 0 Å². The van der Waals surface area contributed by atoms with Crippen molar-refractivity contribution in [3.63, 3.8) is 0 Å². The van der Waals surface area contributed by atoms with Crippen molar-refractivity contribution in [2.75, 3.05) is 20.6 Å². The van der Waals surface area contributed by atoms with Gasteiger partial charge in [-0.15, -0.1) is 0 Å². The van der Waals surface area contributed by atoms with Crippen LogP contribution in [-0.2, 0) is 14.4 Å². The Morgan fingerprint density at radius 1 is 1.26 bits per heavy atom. The lowest BCUT2D eigenvalue weighted by atomic mass is 10.2. The number of rotatable bonds is 7. The number of carboxylic acid groups (broad SMARTS) is 1. The minimum atomic E-state index is -1.39. The number of carboxylic acids is 1. The van der Waals surface area contributed by atoms with Gasteiger partial charge in [-0.3, -0.25) is 9.59 Å². The molecule has 108 valence electrons. The maximum Gasteiger partial charge on any atom is 0.326 e. The number of amides is 4. The van der Waals surface area contributed by atoms with Crippen molar-refractivity contribution in [1.82, 2.24) is 15.5 Å². The fourth-order valence-electron chi connectivity index (χ4n) is 1.12. The molecule has 19 heavy (non-hydrogen) atoms. The number of urea groups is 1. The van der Waals surface area contributed by atoms with Crippen molar-refractivity contribution >= 4 is 23.8 Å². The zero-order chi connectivity index (χ0) is 15.0. The molecule has 1 atom stereocenters. The normalized spacial score (nSPS) is 11.3. The molecule has 0 spiro atoms. The van der Waals surface area contributed by atoms with E-state index in [1.807, 2.05) is 0 Å². The van der Waals surface area contributed by atoms with Gasteiger partial charge in [0.25, 0.3) is 0 Å². The summed E-state index contributed by atoms with van der Waals surface area (Å²) in [6.45, 7) is 0.0613. The van der Waals surface area contributed by atoms with Crippen LogP contribution in [-0.4, -0.2) is 60.5 Å². The molecule has 0 aromatic carbocycles. The summed E-state index contributed by atoms with van der Waals surface area (Å²) in [4.78, 5) is 45.2. The zero-order valence-electron chi connectivity index (χ0n) is 10.8. The lowest BCUT2D eigenvalue weighted by Crippen LogP contribution is -2.48. The van der Waals surface area contributed by atoms with E-state index in [1.165, 1.54) is 4.90 Å². The molecule has 0 heterocycles. The number of hydrogen-bond acceptors (Lipinski definition) is 4. The second-order valence-electron chi connectivity index (χ2n) is 4.00. The molecule has 0 aromatic heterocycles. The predicted octanol–water partition coefficient (Wildman–Crippen LogP) is -1.91. The number of nitrogens with two attached hydrogens (primary N) is 1. The quantitative estimate of drug-likeness (QED) is 0.428. The maximum atomic E-state index is 11.3. The Balaban J connectivity index is 4.10. The number of carbonyl (C=O) groups excluding carboxylic acids is 3. The average Bonchev–Trinajstić information content (AvgIpc) is 2.26. The van der Waals surface area contributed by atoms with Gasteiger partial charge in [0.2, 0.25) is 11.8 Å². The summed E-state index contributed by atoms with van der Waals surface area (Å²) in [5.41, 5.74) is 4.86. The average molecular weight is 274 g/mol. The molecule has 0 aromatic rings. The van der Waals surface area contributed by atoms with E-state index in [0.717, 1.165) is 0 Å². The predicted molar refractivity (Wildman–Crippen MR) is 65.1 cm³/mol. The summed E-state index contributed by atoms with van der Waals surface area (Å²) in [5.74, 6) is -2.37. The van der Waals surface area contributed by atoms with E-state index < -0.39 is 30.4 Å². The highest BCUT2D eigenvalue weighted by molar-refractivity contribution is 5.87. The van der Waals surface area contributed by atoms with Gasteiger partial charge in [0.15, 0.2) is 0 Å². The summed E-state index contributed by atoms with van der Waals surface area (Å²) in [6, 6.07) is -2.16. The molecule has 0 aliphatic heterocycles. The first kappa shape index (κ1) is 16.7. The molecule has 0 radical (unpaired) electrons. The molecule has 0 aliphatic carbocycles. The van der Waals surface area contributed by atoms with Crippen LogP contribution in [0.25, 0.3) is 0 Å². The van der Waals surface area contributed by atoms with Crippen LogP contribution in [0.1, 0.15) is 12.8 Å². The van der Waals surface area contributed by atoms with E-state index in [4.69, 9.17) is 10.8 Å². The lowest BCUT2D eigenvalue weighted by Gasteiger charge is -2.14. The first-order valence-electron chi connectivity index (χ1n) is 5.49. The van der Waals surface area contributed by atoms with Crippen molar-refractivity contribution in [3.8, 4) is 0 Å². The minimum Gasteiger partial charge on any atom is -0.480 e. The molecular formula is C10H18N4O5. The SMILES string of the molecule is CN(C)C(=O)CCNC(=O)NC(CC(N)=O)C(=O)O. The van der Waals surface area contributed by atoms with Gasteiger partial charge in [0, 0.05) is 27.1 Å². The van der Waals surface area contributed by atoms with Crippen molar-refractivity contribution in [2.24, 2.45) is 5.73 Å². The first-order chi connectivity index (χ1) is 8.73. The van der Waals surface area contributed by atoms with Crippen LogP contribution in [0, 0.1) is 0 Å². The van der Waals surface area contributed by atoms with Crippen LogP contribution >= 0.6 is 0 Å². The van der Waals surface area contributed by atoms with Gasteiger partial charge in [-0.05, 0) is 0 Å². The summed E-state index contributed by atoms with van der Waals surface area (Å²) < 4.78 is 0. The fourth-order valence-corrected chi connectivity index (χ4v) is 1.12. The third-order valence-corrected chi connectivity index (χ3v) is 2.13. The lowest BCUT2D eigenvalue weighted by molar-refractivity contribution is -0.140. The van der Waals surface area contributed by atoms with Crippen molar-refractivity contribution < 1.29 is 24.3 Å². The monoisotopic (exact) mass is 274 g/mol. The number of nitrogens with zero attached hydrogens (tertiary/aromatic N) is 1. The van der Waals surface area contributed by atoms with Crippen LogP contribution < -0.4 is 16.4 Å². The largest absolute Gasteiger partial charge is 0.480 e. The highest BCUT2D eigenvalue weighted by Gasteiger charge is 2.21. The minimum absolute atomic E-state index is 0.0613. The number of nitrogens with one attached hydrogen (secondary N) is 2. The van der Waals surface area contributed by atoms with Gasteiger partial charge in [-0.25, -0.2) is 9.59 Å². The Morgan fingerprint density at radius 2 is 1.84 bits per heavy atom. The zero-order valence-corrected chi connectivity index (χ0v) is 10.8. The summed E-state index contributed by atoms with van der Waals surface area (Å²) in [7, 11) is 3.16. The first-order valence-corrected chi connectivity index (χ1v) is 5.49. The Kier molecular flexibility index (Phi) is 6.94. The fraction of sp³-hybridized carbons (Fsp3) is 0.600. The van der Waals surface area contributed by atoms with E-state index >= 15 is 0 Å². The number of aliphatic carboxylic acids is 1. The van der Waals surface area contributed by atoms with Gasteiger partial charge >= 0.3 is 12.0 Å². The number of hydrogen-bond donors (Lipinski definition) is 4. The van der Waals surface area contributed by atoms with Crippen molar-refractivity contribution in [1.29, 1.82) is 0 Å². The molecule has 0 fully saturated rings. The van der Waals surface area contributed by atoms with E-state index in [-0.39, 0.29) is 18.9 Å². The summed E-state index contributed by atoms with van der Waals surface area (Å²) in [6.07, 6.45) is -0.409. The second-order valence-corrected chi connectivity index (χ2v) is 4.00. The van der Waals surface area contributed by atoms with Crippen LogP contribution in [0.3, 0.4) is 0 Å². The molecule has 0 saturated heterocycles. The molecule has 4 amide bonds. The Labute approximate surface area is 110 Å². The third-order valence-electron chi connectivity index (χ3n) is 2.13. The smallest absolute Gasteiger partial charge is 0.326 e. The Hall–Kier alpha value is -2.32. The molecule has 0 aliphatic rings. The third kappa shape index (κ3) is 7.58. The van der Waals surface area contributed by atoms with Crippen LogP contribution in [0.4, 0.5) is 4.79 Å². The molecule has 9 nitrogen and oxygen atoms in total. The van der Waals surface area contributed by atoms with Crippen molar-refractivity contribution in [2.45, 2.75) is 18.9 Å². The van der Waals surface area contributed by atoms with Crippen LogP contribution in [0.5, 0.6) is 0 Å². The van der Waals surface area contributed by atoms with Gasteiger partial charge in [-0.2, -0.15) is 0 Å². The maximum absolute atomic E-state index is 11.3.